The van der Waals surface area contributed by atoms with Gasteiger partial charge in [0, 0.05) is 19.0 Å². The molecule has 1 aromatic carbocycles. The highest BCUT2D eigenvalue weighted by molar-refractivity contribution is 7.18. The molecule has 0 spiro atoms. The van der Waals surface area contributed by atoms with Gasteiger partial charge >= 0.3 is 0 Å². The van der Waals surface area contributed by atoms with Crippen molar-refractivity contribution in [1.29, 1.82) is 0 Å². The summed E-state index contributed by atoms with van der Waals surface area (Å²) in [6.45, 7) is 4.13. The second kappa shape index (κ2) is 5.34. The molecule has 4 heteroatoms. The van der Waals surface area contributed by atoms with Crippen molar-refractivity contribution in [3.8, 4) is 0 Å². The van der Waals surface area contributed by atoms with Gasteiger partial charge in [-0.05, 0) is 38.1 Å². The van der Waals surface area contributed by atoms with E-state index < -0.39 is 0 Å². The number of aromatic nitrogens is 1. The molecular formula is C14H19N3S. The Bertz CT molecular complexity index is 481. The maximum absolute atomic E-state index is 5.60. The summed E-state index contributed by atoms with van der Waals surface area (Å²) in [5.74, 6) is 0.649. The summed E-state index contributed by atoms with van der Waals surface area (Å²) in [7, 11) is 0. The smallest absolute Gasteiger partial charge is 0.0970 e. The number of likely N-dealkylation sites (tertiary alicyclic amines) is 1. The molecule has 0 bridgehead atoms. The minimum Gasteiger partial charge on any atom is -0.329 e. The number of para-hydroxylation sites is 1. The van der Waals surface area contributed by atoms with Crippen molar-refractivity contribution in [2.45, 2.75) is 18.8 Å². The lowest BCUT2D eigenvalue weighted by atomic mass is 9.97. The zero-order chi connectivity index (χ0) is 12.4. The third kappa shape index (κ3) is 2.41. The van der Waals surface area contributed by atoms with Gasteiger partial charge in [-0.15, -0.1) is 11.3 Å². The number of nitrogens with two attached hydrogens (primary N) is 1. The lowest BCUT2D eigenvalue weighted by Crippen LogP contribution is -2.36. The SMILES string of the molecule is NCCN1CCC(c2nc3ccccc3s2)CC1. The molecule has 0 amide bonds. The first-order valence-electron chi connectivity index (χ1n) is 6.64. The monoisotopic (exact) mass is 261 g/mol. The lowest BCUT2D eigenvalue weighted by molar-refractivity contribution is 0.217. The van der Waals surface area contributed by atoms with Crippen LogP contribution in [-0.4, -0.2) is 36.1 Å². The van der Waals surface area contributed by atoms with Crippen molar-refractivity contribution in [2.75, 3.05) is 26.2 Å². The normalized spacial score (nSPS) is 18.5. The van der Waals surface area contributed by atoms with Gasteiger partial charge in [0.1, 0.15) is 0 Å². The van der Waals surface area contributed by atoms with Gasteiger partial charge < -0.3 is 10.6 Å². The highest BCUT2D eigenvalue weighted by atomic mass is 32.1. The van der Waals surface area contributed by atoms with E-state index in [4.69, 9.17) is 10.7 Å². The molecule has 2 heterocycles. The summed E-state index contributed by atoms with van der Waals surface area (Å²) in [6.07, 6.45) is 2.44. The molecule has 0 aliphatic carbocycles. The second-order valence-electron chi connectivity index (χ2n) is 4.92. The molecule has 96 valence electrons. The Morgan fingerprint density at radius 3 is 2.78 bits per heavy atom. The minimum absolute atomic E-state index is 0.649. The van der Waals surface area contributed by atoms with Crippen LogP contribution in [0.1, 0.15) is 23.8 Å². The topological polar surface area (TPSA) is 42.1 Å². The highest BCUT2D eigenvalue weighted by Gasteiger charge is 2.22. The summed E-state index contributed by atoms with van der Waals surface area (Å²) >= 11 is 1.86. The fraction of sp³-hybridized carbons (Fsp3) is 0.500. The predicted octanol–water partition coefficient (Wildman–Crippen LogP) is 2.43. The third-order valence-electron chi connectivity index (χ3n) is 3.69. The standard InChI is InChI=1S/C14H19N3S/c15-7-10-17-8-5-11(6-9-17)14-16-12-3-1-2-4-13(12)18-14/h1-4,11H,5-10,15H2. The minimum atomic E-state index is 0.649. The van der Waals surface area contributed by atoms with Crippen LogP contribution in [0, 0.1) is 0 Å². The predicted molar refractivity (Wildman–Crippen MR) is 77.1 cm³/mol. The van der Waals surface area contributed by atoms with E-state index in [2.05, 4.69) is 29.2 Å². The fourth-order valence-electron chi connectivity index (χ4n) is 2.65. The number of piperidine rings is 1. The third-order valence-corrected chi connectivity index (χ3v) is 4.89. The number of hydrogen-bond donors (Lipinski definition) is 1. The zero-order valence-corrected chi connectivity index (χ0v) is 11.3. The molecule has 1 aliphatic rings. The average Bonchev–Trinajstić information content (AvgIpc) is 2.84. The van der Waals surface area contributed by atoms with Crippen LogP contribution in [0.25, 0.3) is 10.2 Å². The highest BCUT2D eigenvalue weighted by Crippen LogP contribution is 2.33. The van der Waals surface area contributed by atoms with Crippen molar-refractivity contribution in [2.24, 2.45) is 5.73 Å². The van der Waals surface area contributed by atoms with Crippen molar-refractivity contribution < 1.29 is 0 Å². The van der Waals surface area contributed by atoms with Crippen LogP contribution in [-0.2, 0) is 0 Å². The van der Waals surface area contributed by atoms with Gasteiger partial charge in [-0.2, -0.15) is 0 Å². The summed E-state index contributed by atoms with van der Waals surface area (Å²) in [4.78, 5) is 7.24. The maximum atomic E-state index is 5.60. The molecule has 0 radical (unpaired) electrons. The summed E-state index contributed by atoms with van der Waals surface area (Å²) in [5, 5.41) is 1.32. The van der Waals surface area contributed by atoms with Crippen molar-refractivity contribution in [3.05, 3.63) is 29.3 Å². The van der Waals surface area contributed by atoms with Gasteiger partial charge in [-0.25, -0.2) is 4.98 Å². The molecule has 1 saturated heterocycles. The summed E-state index contributed by atoms with van der Waals surface area (Å²) in [5.41, 5.74) is 6.76. The first-order chi connectivity index (χ1) is 8.86. The number of benzene rings is 1. The summed E-state index contributed by atoms with van der Waals surface area (Å²) < 4.78 is 1.32. The Hall–Kier alpha value is -0.970. The van der Waals surface area contributed by atoms with E-state index in [1.54, 1.807) is 0 Å². The van der Waals surface area contributed by atoms with Crippen LogP contribution in [0.3, 0.4) is 0 Å². The first kappa shape index (κ1) is 12.1. The van der Waals surface area contributed by atoms with Crippen LogP contribution in [0.5, 0.6) is 0 Å². The van der Waals surface area contributed by atoms with Crippen LogP contribution in [0.4, 0.5) is 0 Å². The number of thiazole rings is 1. The van der Waals surface area contributed by atoms with Crippen LogP contribution in [0.2, 0.25) is 0 Å². The molecular weight excluding hydrogens is 242 g/mol. The van der Waals surface area contributed by atoms with Crippen LogP contribution in [0.15, 0.2) is 24.3 Å². The second-order valence-corrected chi connectivity index (χ2v) is 5.99. The molecule has 0 unspecified atom stereocenters. The zero-order valence-electron chi connectivity index (χ0n) is 10.5. The van der Waals surface area contributed by atoms with Crippen molar-refractivity contribution in [1.82, 2.24) is 9.88 Å². The van der Waals surface area contributed by atoms with Gasteiger partial charge in [-0.3, -0.25) is 0 Å². The molecule has 18 heavy (non-hydrogen) atoms. The van der Waals surface area contributed by atoms with Gasteiger partial charge in [-0.1, -0.05) is 12.1 Å². The Labute approximate surface area is 112 Å². The lowest BCUT2D eigenvalue weighted by Gasteiger charge is -2.30. The Morgan fingerprint density at radius 1 is 1.28 bits per heavy atom. The molecule has 2 N–H and O–H groups in total. The molecule has 1 aliphatic heterocycles. The Balaban J connectivity index is 1.72. The Morgan fingerprint density at radius 2 is 2.06 bits per heavy atom. The van der Waals surface area contributed by atoms with Gasteiger partial charge in [0.2, 0.25) is 0 Å². The van der Waals surface area contributed by atoms with Crippen LogP contribution < -0.4 is 5.73 Å². The molecule has 3 nitrogen and oxygen atoms in total. The number of nitrogens with zero attached hydrogens (tertiary/aromatic N) is 2. The molecule has 3 rings (SSSR count). The van der Waals surface area contributed by atoms with Gasteiger partial charge in [0.05, 0.1) is 15.2 Å². The Kier molecular flexibility index (Phi) is 3.59. The van der Waals surface area contributed by atoms with E-state index in [0.717, 1.165) is 31.7 Å². The molecule has 1 aromatic heterocycles. The van der Waals surface area contributed by atoms with E-state index in [1.165, 1.54) is 22.5 Å². The van der Waals surface area contributed by atoms with E-state index in [-0.39, 0.29) is 0 Å². The van der Waals surface area contributed by atoms with Crippen molar-refractivity contribution in [3.63, 3.8) is 0 Å². The number of rotatable bonds is 3. The fourth-order valence-corrected chi connectivity index (χ4v) is 3.79. The quantitative estimate of drug-likeness (QED) is 0.922. The molecule has 1 fully saturated rings. The van der Waals surface area contributed by atoms with Gasteiger partial charge in [0.25, 0.3) is 0 Å². The van der Waals surface area contributed by atoms with Gasteiger partial charge in [0.15, 0.2) is 0 Å². The molecule has 0 atom stereocenters. The van der Waals surface area contributed by atoms with E-state index in [0.29, 0.717) is 5.92 Å². The van der Waals surface area contributed by atoms with E-state index in [9.17, 15) is 0 Å². The number of hydrogen-bond acceptors (Lipinski definition) is 4. The van der Waals surface area contributed by atoms with Crippen molar-refractivity contribution >= 4 is 21.6 Å². The number of fused-ring (bicyclic) bond motifs is 1. The maximum Gasteiger partial charge on any atom is 0.0970 e. The molecule has 0 saturated carbocycles. The van der Waals surface area contributed by atoms with E-state index >= 15 is 0 Å². The summed E-state index contributed by atoms with van der Waals surface area (Å²) in [6, 6.07) is 8.43. The van der Waals surface area contributed by atoms with Crippen LogP contribution >= 0.6 is 11.3 Å². The molecule has 2 aromatic rings. The first-order valence-corrected chi connectivity index (χ1v) is 7.46. The van der Waals surface area contributed by atoms with E-state index in [1.807, 2.05) is 11.3 Å². The average molecular weight is 261 g/mol. The largest absolute Gasteiger partial charge is 0.329 e.